The van der Waals surface area contributed by atoms with E-state index >= 15 is 0 Å². The van der Waals surface area contributed by atoms with Gasteiger partial charge in [0.1, 0.15) is 5.75 Å². The van der Waals surface area contributed by atoms with Crippen molar-refractivity contribution in [3.05, 3.63) is 24.3 Å². The fourth-order valence-corrected chi connectivity index (χ4v) is 3.08. The summed E-state index contributed by atoms with van der Waals surface area (Å²) < 4.78 is 32.3. The summed E-state index contributed by atoms with van der Waals surface area (Å²) in [5, 5.41) is 8.90. The highest BCUT2D eigenvalue weighted by molar-refractivity contribution is 7.89. The topological polar surface area (TPSA) is 75.6 Å². The first-order chi connectivity index (χ1) is 9.53. The standard InChI is InChI=1S/C14H23NO4S/c1-3-11-19-13-5-7-14(8-6-13)20(17,18)15-12(4-2)9-10-16/h5-8,12,15-16H,3-4,9-11H2,1-2H3. The lowest BCUT2D eigenvalue weighted by atomic mass is 10.2. The van der Waals surface area contributed by atoms with Crippen molar-refractivity contribution < 1.29 is 18.3 Å². The number of benzene rings is 1. The van der Waals surface area contributed by atoms with Crippen LogP contribution in [0, 0.1) is 0 Å². The second-order valence-electron chi connectivity index (χ2n) is 4.56. The van der Waals surface area contributed by atoms with Crippen molar-refractivity contribution in [3.63, 3.8) is 0 Å². The van der Waals surface area contributed by atoms with Gasteiger partial charge in [0.2, 0.25) is 10.0 Å². The minimum Gasteiger partial charge on any atom is -0.494 e. The maximum atomic E-state index is 12.2. The van der Waals surface area contributed by atoms with E-state index in [0.29, 0.717) is 25.2 Å². The minimum absolute atomic E-state index is 0.0369. The zero-order chi connectivity index (χ0) is 15.0. The van der Waals surface area contributed by atoms with Gasteiger partial charge in [-0.1, -0.05) is 13.8 Å². The Balaban J connectivity index is 2.76. The third kappa shape index (κ3) is 5.11. The summed E-state index contributed by atoms with van der Waals surface area (Å²) in [6, 6.07) is 6.10. The highest BCUT2D eigenvalue weighted by Crippen LogP contribution is 2.17. The fraction of sp³-hybridized carbons (Fsp3) is 0.571. The molecule has 1 unspecified atom stereocenters. The molecule has 0 bridgehead atoms. The quantitative estimate of drug-likeness (QED) is 0.730. The van der Waals surface area contributed by atoms with Gasteiger partial charge in [-0.3, -0.25) is 0 Å². The van der Waals surface area contributed by atoms with E-state index < -0.39 is 10.0 Å². The zero-order valence-electron chi connectivity index (χ0n) is 12.0. The average Bonchev–Trinajstić information content (AvgIpc) is 2.45. The van der Waals surface area contributed by atoms with Crippen LogP contribution in [0.2, 0.25) is 0 Å². The third-order valence-corrected chi connectivity index (χ3v) is 4.44. The Kier molecular flexibility index (Phi) is 6.98. The summed E-state index contributed by atoms with van der Waals surface area (Å²) in [6.45, 7) is 4.46. The van der Waals surface area contributed by atoms with E-state index in [-0.39, 0.29) is 17.5 Å². The molecular weight excluding hydrogens is 278 g/mol. The molecule has 0 aliphatic heterocycles. The molecule has 0 spiro atoms. The highest BCUT2D eigenvalue weighted by Gasteiger charge is 2.18. The molecule has 0 saturated heterocycles. The van der Waals surface area contributed by atoms with Crippen LogP contribution in [0.15, 0.2) is 29.2 Å². The molecule has 0 saturated carbocycles. The predicted molar refractivity (Wildman–Crippen MR) is 78.3 cm³/mol. The van der Waals surface area contributed by atoms with Gasteiger partial charge in [-0.15, -0.1) is 0 Å². The molecule has 114 valence electrons. The van der Waals surface area contributed by atoms with E-state index in [1.165, 1.54) is 12.1 Å². The molecule has 0 aromatic heterocycles. The first-order valence-corrected chi connectivity index (χ1v) is 8.37. The second kappa shape index (κ2) is 8.24. The van der Waals surface area contributed by atoms with Gasteiger partial charge in [0.05, 0.1) is 11.5 Å². The van der Waals surface area contributed by atoms with Gasteiger partial charge < -0.3 is 9.84 Å². The molecule has 1 atom stereocenters. The van der Waals surface area contributed by atoms with Crippen LogP contribution in [0.3, 0.4) is 0 Å². The van der Waals surface area contributed by atoms with Gasteiger partial charge in [-0.2, -0.15) is 0 Å². The molecule has 0 radical (unpaired) electrons. The van der Waals surface area contributed by atoms with Crippen LogP contribution in [-0.4, -0.2) is 32.8 Å². The Labute approximate surface area is 121 Å². The first kappa shape index (κ1) is 16.9. The van der Waals surface area contributed by atoms with Crippen LogP contribution in [0.5, 0.6) is 5.75 Å². The van der Waals surface area contributed by atoms with Gasteiger partial charge in [-0.05, 0) is 43.5 Å². The summed E-state index contributed by atoms with van der Waals surface area (Å²) in [5.74, 6) is 0.660. The molecule has 1 rings (SSSR count). The van der Waals surface area contributed by atoms with E-state index in [9.17, 15) is 8.42 Å². The maximum absolute atomic E-state index is 12.2. The lowest BCUT2D eigenvalue weighted by molar-refractivity contribution is 0.270. The van der Waals surface area contributed by atoms with Gasteiger partial charge in [0, 0.05) is 12.6 Å². The van der Waals surface area contributed by atoms with Crippen molar-refractivity contribution in [3.8, 4) is 5.75 Å². The predicted octanol–water partition coefficient (Wildman–Crippen LogP) is 1.91. The third-order valence-electron chi connectivity index (χ3n) is 2.90. The Morgan fingerprint density at radius 1 is 1.25 bits per heavy atom. The molecule has 0 amide bonds. The number of sulfonamides is 1. The summed E-state index contributed by atoms with van der Waals surface area (Å²) in [7, 11) is -3.55. The normalized spacial score (nSPS) is 13.2. The van der Waals surface area contributed by atoms with Crippen LogP contribution < -0.4 is 9.46 Å². The van der Waals surface area contributed by atoms with Crippen molar-refractivity contribution >= 4 is 10.0 Å². The number of aliphatic hydroxyl groups is 1. The van der Waals surface area contributed by atoms with Crippen LogP contribution in [0.25, 0.3) is 0 Å². The number of aliphatic hydroxyl groups excluding tert-OH is 1. The average molecular weight is 301 g/mol. The summed E-state index contributed by atoms with van der Waals surface area (Å²) in [4.78, 5) is 0.206. The summed E-state index contributed by atoms with van der Waals surface area (Å²) in [5.41, 5.74) is 0. The van der Waals surface area contributed by atoms with Gasteiger partial charge in [0.15, 0.2) is 0 Å². The van der Waals surface area contributed by atoms with Crippen LogP contribution in [0.4, 0.5) is 0 Å². The number of ether oxygens (including phenoxy) is 1. The lowest BCUT2D eigenvalue weighted by Gasteiger charge is -2.16. The van der Waals surface area contributed by atoms with Gasteiger partial charge in [-0.25, -0.2) is 13.1 Å². The zero-order valence-corrected chi connectivity index (χ0v) is 12.8. The largest absolute Gasteiger partial charge is 0.494 e. The van der Waals surface area contributed by atoms with E-state index in [4.69, 9.17) is 9.84 Å². The molecule has 20 heavy (non-hydrogen) atoms. The molecule has 0 fully saturated rings. The SMILES string of the molecule is CCCOc1ccc(S(=O)(=O)NC(CC)CCO)cc1. The summed E-state index contributed by atoms with van der Waals surface area (Å²) >= 11 is 0. The molecule has 0 aliphatic rings. The van der Waals surface area contributed by atoms with Crippen molar-refractivity contribution in [2.75, 3.05) is 13.2 Å². The van der Waals surface area contributed by atoms with Gasteiger partial charge in [0.25, 0.3) is 0 Å². The molecule has 5 nitrogen and oxygen atoms in total. The van der Waals surface area contributed by atoms with E-state index in [0.717, 1.165) is 6.42 Å². The van der Waals surface area contributed by atoms with Crippen molar-refractivity contribution in [1.82, 2.24) is 4.72 Å². The Bertz CT molecular complexity index is 484. The molecule has 1 aromatic rings. The van der Waals surface area contributed by atoms with E-state index in [1.807, 2.05) is 13.8 Å². The summed E-state index contributed by atoms with van der Waals surface area (Å²) in [6.07, 6.45) is 1.95. The number of nitrogens with one attached hydrogen (secondary N) is 1. The number of hydrogen-bond donors (Lipinski definition) is 2. The lowest BCUT2D eigenvalue weighted by Crippen LogP contribution is -2.35. The molecule has 0 heterocycles. The van der Waals surface area contributed by atoms with E-state index in [1.54, 1.807) is 12.1 Å². The monoisotopic (exact) mass is 301 g/mol. The Morgan fingerprint density at radius 3 is 2.40 bits per heavy atom. The molecule has 6 heteroatoms. The van der Waals surface area contributed by atoms with E-state index in [2.05, 4.69) is 4.72 Å². The smallest absolute Gasteiger partial charge is 0.240 e. The van der Waals surface area contributed by atoms with Crippen LogP contribution in [-0.2, 0) is 10.0 Å². The van der Waals surface area contributed by atoms with Crippen molar-refractivity contribution in [2.45, 2.75) is 44.0 Å². The van der Waals surface area contributed by atoms with Gasteiger partial charge >= 0.3 is 0 Å². The first-order valence-electron chi connectivity index (χ1n) is 6.89. The molecule has 0 aliphatic carbocycles. The Hall–Kier alpha value is -1.11. The molecular formula is C14H23NO4S. The number of hydrogen-bond acceptors (Lipinski definition) is 4. The van der Waals surface area contributed by atoms with Crippen molar-refractivity contribution in [2.24, 2.45) is 0 Å². The fourth-order valence-electron chi connectivity index (χ4n) is 1.72. The molecule has 1 aromatic carbocycles. The Morgan fingerprint density at radius 2 is 1.90 bits per heavy atom. The second-order valence-corrected chi connectivity index (χ2v) is 6.27. The highest BCUT2D eigenvalue weighted by atomic mass is 32.2. The minimum atomic E-state index is -3.55. The van der Waals surface area contributed by atoms with Crippen molar-refractivity contribution in [1.29, 1.82) is 0 Å². The maximum Gasteiger partial charge on any atom is 0.240 e. The van der Waals surface area contributed by atoms with Crippen LogP contribution in [0.1, 0.15) is 33.1 Å². The van der Waals surface area contributed by atoms with Crippen LogP contribution >= 0.6 is 0 Å². The molecule has 2 N–H and O–H groups in total. The number of rotatable bonds is 9.